The molecule has 0 aromatic heterocycles. The summed E-state index contributed by atoms with van der Waals surface area (Å²) in [5.74, 6) is 0.929. The van der Waals surface area contributed by atoms with Crippen molar-refractivity contribution in [3.05, 3.63) is 11.6 Å². The molecule has 0 aromatic carbocycles. The van der Waals surface area contributed by atoms with Crippen molar-refractivity contribution >= 4 is 5.91 Å². The Labute approximate surface area is 116 Å². The van der Waals surface area contributed by atoms with Crippen LogP contribution in [0.1, 0.15) is 26.7 Å². The van der Waals surface area contributed by atoms with Gasteiger partial charge in [0.05, 0.1) is 13.2 Å². The van der Waals surface area contributed by atoms with E-state index in [0.717, 1.165) is 63.7 Å². The highest BCUT2D eigenvalue weighted by Crippen LogP contribution is 2.19. The molecule has 2 rings (SSSR count). The first-order valence-corrected chi connectivity index (χ1v) is 7.39. The molecule has 2 saturated heterocycles. The normalized spacial score (nSPS) is 22.3. The number of hydrogen-bond donors (Lipinski definition) is 0. The average Bonchev–Trinajstić information content (AvgIpc) is 2.40. The Hall–Kier alpha value is -0.870. The van der Waals surface area contributed by atoms with E-state index in [4.69, 9.17) is 4.74 Å². The Morgan fingerprint density at radius 3 is 2.37 bits per heavy atom. The molecule has 0 aliphatic carbocycles. The molecule has 2 aliphatic heterocycles. The third kappa shape index (κ3) is 4.62. The highest BCUT2D eigenvalue weighted by atomic mass is 16.5. The van der Waals surface area contributed by atoms with Gasteiger partial charge in [0.2, 0.25) is 5.91 Å². The summed E-state index contributed by atoms with van der Waals surface area (Å²) < 4.78 is 5.37. The molecule has 0 atom stereocenters. The number of likely N-dealkylation sites (tertiary alicyclic amines) is 1. The first-order valence-electron chi connectivity index (χ1n) is 7.39. The molecule has 108 valence electrons. The summed E-state index contributed by atoms with van der Waals surface area (Å²) in [5, 5.41) is 0. The SMILES string of the molecule is CC(C)=CC(=O)N1CCC(CN2CCOCC2)CC1. The molecule has 0 N–H and O–H groups in total. The Bertz CT molecular complexity index is 323. The number of carbonyl (C=O) groups is 1. The molecule has 1 amide bonds. The van der Waals surface area contributed by atoms with Crippen molar-refractivity contribution in [3.8, 4) is 0 Å². The van der Waals surface area contributed by atoms with Crippen LogP contribution in [0.4, 0.5) is 0 Å². The van der Waals surface area contributed by atoms with Crippen LogP contribution in [0.15, 0.2) is 11.6 Å². The lowest BCUT2D eigenvalue weighted by atomic mass is 9.96. The highest BCUT2D eigenvalue weighted by molar-refractivity contribution is 5.88. The van der Waals surface area contributed by atoms with Crippen LogP contribution in [-0.4, -0.2) is 61.6 Å². The van der Waals surface area contributed by atoms with Crippen molar-refractivity contribution in [2.24, 2.45) is 5.92 Å². The minimum Gasteiger partial charge on any atom is -0.379 e. The van der Waals surface area contributed by atoms with Gasteiger partial charge in [-0.15, -0.1) is 0 Å². The van der Waals surface area contributed by atoms with E-state index in [9.17, 15) is 4.79 Å². The van der Waals surface area contributed by atoms with Crippen LogP contribution in [-0.2, 0) is 9.53 Å². The minimum atomic E-state index is 0.185. The molecule has 0 unspecified atom stereocenters. The Kier molecular flexibility index (Phi) is 5.40. The van der Waals surface area contributed by atoms with Crippen LogP contribution in [0.25, 0.3) is 0 Å². The maximum absolute atomic E-state index is 11.9. The number of ether oxygens (including phenoxy) is 1. The van der Waals surface area contributed by atoms with E-state index in [1.165, 1.54) is 6.54 Å². The molecule has 2 fully saturated rings. The zero-order valence-corrected chi connectivity index (χ0v) is 12.2. The summed E-state index contributed by atoms with van der Waals surface area (Å²) in [5.41, 5.74) is 1.08. The van der Waals surface area contributed by atoms with Crippen LogP contribution < -0.4 is 0 Å². The summed E-state index contributed by atoms with van der Waals surface area (Å²) in [4.78, 5) is 16.4. The molecule has 0 bridgehead atoms. The largest absolute Gasteiger partial charge is 0.379 e. The van der Waals surface area contributed by atoms with Gasteiger partial charge in [-0.2, -0.15) is 0 Å². The topological polar surface area (TPSA) is 32.8 Å². The van der Waals surface area contributed by atoms with Gasteiger partial charge in [0.1, 0.15) is 0 Å². The summed E-state index contributed by atoms with van der Waals surface area (Å²) in [7, 11) is 0. The van der Waals surface area contributed by atoms with Gasteiger partial charge >= 0.3 is 0 Å². The fourth-order valence-electron chi connectivity index (χ4n) is 2.82. The van der Waals surface area contributed by atoms with Crippen molar-refractivity contribution in [1.82, 2.24) is 9.80 Å². The number of hydrogen-bond acceptors (Lipinski definition) is 3. The van der Waals surface area contributed by atoms with Crippen molar-refractivity contribution in [1.29, 1.82) is 0 Å². The third-order valence-electron chi connectivity index (χ3n) is 3.96. The maximum atomic E-state index is 11.9. The molecule has 2 aliphatic rings. The number of nitrogens with zero attached hydrogens (tertiary/aromatic N) is 2. The second-order valence-corrected chi connectivity index (χ2v) is 5.90. The summed E-state index contributed by atoms with van der Waals surface area (Å²) in [6, 6.07) is 0. The first-order chi connectivity index (χ1) is 9.15. The van der Waals surface area contributed by atoms with E-state index in [1.807, 2.05) is 18.7 Å². The third-order valence-corrected chi connectivity index (χ3v) is 3.96. The zero-order chi connectivity index (χ0) is 13.7. The average molecular weight is 266 g/mol. The van der Waals surface area contributed by atoms with Gasteiger partial charge in [-0.25, -0.2) is 0 Å². The van der Waals surface area contributed by atoms with E-state index in [1.54, 1.807) is 6.08 Å². The molecule has 4 nitrogen and oxygen atoms in total. The number of morpholine rings is 1. The van der Waals surface area contributed by atoms with Crippen LogP contribution in [0.3, 0.4) is 0 Å². The maximum Gasteiger partial charge on any atom is 0.246 e. The Morgan fingerprint density at radius 1 is 1.16 bits per heavy atom. The molecular formula is C15H26N2O2. The zero-order valence-electron chi connectivity index (χ0n) is 12.2. The Balaban J connectivity index is 1.72. The van der Waals surface area contributed by atoms with Gasteiger partial charge in [0.25, 0.3) is 0 Å². The second kappa shape index (κ2) is 7.06. The van der Waals surface area contributed by atoms with Crippen molar-refractivity contribution in [2.45, 2.75) is 26.7 Å². The molecule has 19 heavy (non-hydrogen) atoms. The molecule has 4 heteroatoms. The first kappa shape index (κ1) is 14.5. The number of piperidine rings is 1. The second-order valence-electron chi connectivity index (χ2n) is 5.90. The van der Waals surface area contributed by atoms with Gasteiger partial charge in [-0.05, 0) is 32.6 Å². The summed E-state index contributed by atoms with van der Waals surface area (Å²) in [6.07, 6.45) is 4.03. The van der Waals surface area contributed by atoms with E-state index >= 15 is 0 Å². The van der Waals surface area contributed by atoms with Crippen molar-refractivity contribution in [3.63, 3.8) is 0 Å². The molecule has 0 spiro atoms. The molecule has 0 saturated carbocycles. The molecule has 0 aromatic rings. The van der Waals surface area contributed by atoms with Crippen LogP contribution in [0.5, 0.6) is 0 Å². The summed E-state index contributed by atoms with van der Waals surface area (Å²) in [6.45, 7) is 10.8. The minimum absolute atomic E-state index is 0.185. The van der Waals surface area contributed by atoms with Crippen LogP contribution in [0.2, 0.25) is 0 Å². The quantitative estimate of drug-likeness (QED) is 0.726. The smallest absolute Gasteiger partial charge is 0.246 e. The lowest BCUT2D eigenvalue weighted by molar-refractivity contribution is -0.127. The predicted molar refractivity (Wildman–Crippen MR) is 76.0 cm³/mol. The van der Waals surface area contributed by atoms with Gasteiger partial charge < -0.3 is 9.64 Å². The van der Waals surface area contributed by atoms with E-state index < -0.39 is 0 Å². The van der Waals surface area contributed by atoms with E-state index in [-0.39, 0.29) is 5.91 Å². The van der Waals surface area contributed by atoms with E-state index in [2.05, 4.69) is 4.90 Å². The standard InChI is InChI=1S/C15H26N2O2/c1-13(2)11-15(18)17-5-3-14(4-6-17)12-16-7-9-19-10-8-16/h11,14H,3-10,12H2,1-2H3. The fourth-order valence-corrected chi connectivity index (χ4v) is 2.82. The molecule has 0 radical (unpaired) electrons. The van der Waals surface area contributed by atoms with Gasteiger partial charge in [-0.1, -0.05) is 5.57 Å². The number of rotatable bonds is 3. The number of carbonyl (C=O) groups excluding carboxylic acids is 1. The van der Waals surface area contributed by atoms with Crippen LogP contribution in [0, 0.1) is 5.92 Å². The molecule has 2 heterocycles. The van der Waals surface area contributed by atoms with E-state index in [0.29, 0.717) is 0 Å². The highest BCUT2D eigenvalue weighted by Gasteiger charge is 2.24. The number of amides is 1. The summed E-state index contributed by atoms with van der Waals surface area (Å²) >= 11 is 0. The Morgan fingerprint density at radius 2 is 1.79 bits per heavy atom. The fraction of sp³-hybridized carbons (Fsp3) is 0.800. The van der Waals surface area contributed by atoms with Gasteiger partial charge in [0.15, 0.2) is 0 Å². The van der Waals surface area contributed by atoms with Crippen molar-refractivity contribution in [2.75, 3.05) is 45.9 Å². The lowest BCUT2D eigenvalue weighted by Gasteiger charge is -2.35. The van der Waals surface area contributed by atoms with Crippen molar-refractivity contribution < 1.29 is 9.53 Å². The monoisotopic (exact) mass is 266 g/mol. The van der Waals surface area contributed by atoms with Gasteiger partial charge in [-0.3, -0.25) is 9.69 Å². The molecular weight excluding hydrogens is 240 g/mol. The number of allylic oxidation sites excluding steroid dienone is 1. The predicted octanol–water partition coefficient (Wildman–Crippen LogP) is 1.52. The van der Waals surface area contributed by atoms with Crippen LogP contribution >= 0.6 is 0 Å². The van der Waals surface area contributed by atoms with Gasteiger partial charge in [0, 0.05) is 38.8 Å². The lowest BCUT2D eigenvalue weighted by Crippen LogP contribution is -2.44.